The molecule has 0 bridgehead atoms. The van der Waals surface area contributed by atoms with Gasteiger partial charge in [-0.25, -0.2) is 4.98 Å². The van der Waals surface area contributed by atoms with Crippen molar-refractivity contribution in [3.05, 3.63) is 30.1 Å². The zero-order valence-corrected chi connectivity index (χ0v) is 11.1. The maximum Gasteiger partial charge on any atom is 0.123 e. The molecule has 0 aliphatic carbocycles. The van der Waals surface area contributed by atoms with Gasteiger partial charge >= 0.3 is 0 Å². The van der Waals surface area contributed by atoms with Gasteiger partial charge in [-0.3, -0.25) is 0 Å². The van der Waals surface area contributed by atoms with Crippen LogP contribution in [-0.2, 0) is 23.1 Å². The smallest absolute Gasteiger partial charge is 0.123 e. The predicted octanol–water partition coefficient (Wildman–Crippen LogP) is 1.08. The minimum atomic E-state index is 0.156. The number of benzene rings is 1. The van der Waals surface area contributed by atoms with Gasteiger partial charge in [0.2, 0.25) is 0 Å². The molecule has 102 valence electrons. The number of nitrogens with zero attached hydrogens (tertiary/aromatic N) is 2. The normalized spacial score (nSPS) is 19.9. The molecule has 1 aliphatic rings. The van der Waals surface area contributed by atoms with Crippen LogP contribution in [0.1, 0.15) is 5.82 Å². The van der Waals surface area contributed by atoms with Gasteiger partial charge in [-0.05, 0) is 12.1 Å². The molecule has 1 aliphatic heterocycles. The summed E-state index contributed by atoms with van der Waals surface area (Å²) in [5.41, 5.74) is 2.20. The third-order valence-electron chi connectivity index (χ3n) is 3.42. The van der Waals surface area contributed by atoms with Gasteiger partial charge in [0.15, 0.2) is 0 Å². The molecule has 1 saturated heterocycles. The van der Waals surface area contributed by atoms with E-state index in [1.165, 1.54) is 0 Å². The highest BCUT2D eigenvalue weighted by Crippen LogP contribution is 2.13. The van der Waals surface area contributed by atoms with E-state index in [1.807, 2.05) is 25.2 Å². The molecule has 19 heavy (non-hydrogen) atoms. The van der Waals surface area contributed by atoms with Crippen LogP contribution in [0.15, 0.2) is 24.3 Å². The molecule has 5 heteroatoms. The van der Waals surface area contributed by atoms with Gasteiger partial charge < -0.3 is 19.4 Å². The number of para-hydroxylation sites is 2. The first-order valence-corrected chi connectivity index (χ1v) is 6.65. The molecular weight excluding hydrogens is 242 g/mol. The second-order valence-corrected chi connectivity index (χ2v) is 4.77. The first-order chi connectivity index (χ1) is 9.34. The van der Waals surface area contributed by atoms with Crippen LogP contribution in [0.5, 0.6) is 0 Å². The van der Waals surface area contributed by atoms with Gasteiger partial charge in [0.25, 0.3) is 0 Å². The summed E-state index contributed by atoms with van der Waals surface area (Å²) in [6, 6.07) is 8.18. The maximum atomic E-state index is 5.59. The molecule has 1 aromatic carbocycles. The van der Waals surface area contributed by atoms with Crippen LogP contribution in [0, 0.1) is 0 Å². The highest BCUT2D eigenvalue weighted by atomic mass is 16.6. The molecule has 1 aromatic heterocycles. The summed E-state index contributed by atoms with van der Waals surface area (Å²) in [5.74, 6) is 1.04. The zero-order valence-electron chi connectivity index (χ0n) is 11.1. The second kappa shape index (κ2) is 5.69. The van der Waals surface area contributed by atoms with Gasteiger partial charge in [0, 0.05) is 13.6 Å². The summed E-state index contributed by atoms with van der Waals surface area (Å²) in [5, 5.41) is 3.38. The van der Waals surface area contributed by atoms with Crippen molar-refractivity contribution in [2.24, 2.45) is 7.05 Å². The van der Waals surface area contributed by atoms with Gasteiger partial charge in [-0.1, -0.05) is 12.1 Å². The fraction of sp³-hybridized carbons (Fsp3) is 0.500. The summed E-state index contributed by atoms with van der Waals surface area (Å²) >= 11 is 0. The number of hydrogen-bond acceptors (Lipinski definition) is 4. The van der Waals surface area contributed by atoms with Crippen molar-refractivity contribution in [1.29, 1.82) is 0 Å². The van der Waals surface area contributed by atoms with Crippen molar-refractivity contribution in [2.75, 3.05) is 26.4 Å². The van der Waals surface area contributed by atoms with Gasteiger partial charge in [0.1, 0.15) is 5.82 Å². The number of fused-ring (bicyclic) bond motifs is 1. The van der Waals surface area contributed by atoms with Crippen molar-refractivity contribution in [2.45, 2.75) is 12.6 Å². The lowest BCUT2D eigenvalue weighted by Crippen LogP contribution is -2.37. The van der Waals surface area contributed by atoms with E-state index in [0.717, 1.165) is 29.9 Å². The zero-order chi connectivity index (χ0) is 13.1. The number of hydrogen-bond donors (Lipinski definition) is 1. The number of aryl methyl sites for hydroxylation is 1. The average Bonchev–Trinajstić information content (AvgIpc) is 2.78. The van der Waals surface area contributed by atoms with Crippen LogP contribution in [0.2, 0.25) is 0 Å². The van der Waals surface area contributed by atoms with E-state index >= 15 is 0 Å². The Balaban J connectivity index is 1.60. The maximum absolute atomic E-state index is 5.59. The van der Waals surface area contributed by atoms with Crippen molar-refractivity contribution >= 4 is 11.0 Å². The van der Waals surface area contributed by atoms with E-state index in [0.29, 0.717) is 19.8 Å². The van der Waals surface area contributed by atoms with Gasteiger partial charge in [0.05, 0.1) is 43.5 Å². The number of rotatable bonds is 4. The quantitative estimate of drug-likeness (QED) is 0.894. The second-order valence-electron chi connectivity index (χ2n) is 4.77. The number of aromatic nitrogens is 2. The van der Waals surface area contributed by atoms with Crippen LogP contribution in [0.3, 0.4) is 0 Å². The molecule has 1 unspecified atom stereocenters. The molecule has 1 N–H and O–H groups in total. The number of imidazole rings is 1. The van der Waals surface area contributed by atoms with Gasteiger partial charge in [-0.15, -0.1) is 0 Å². The van der Waals surface area contributed by atoms with E-state index in [2.05, 4.69) is 20.9 Å². The topological polar surface area (TPSA) is 48.3 Å². The van der Waals surface area contributed by atoms with Crippen LogP contribution < -0.4 is 5.32 Å². The van der Waals surface area contributed by atoms with Crippen LogP contribution >= 0.6 is 0 Å². The molecule has 1 fully saturated rings. The SMILES string of the molecule is Cn1c(CNCC2COCCO2)nc2ccccc21. The Morgan fingerprint density at radius 3 is 3.05 bits per heavy atom. The summed E-state index contributed by atoms with van der Waals surface area (Å²) < 4.78 is 13.1. The fourth-order valence-corrected chi connectivity index (χ4v) is 2.35. The fourth-order valence-electron chi connectivity index (χ4n) is 2.35. The van der Waals surface area contributed by atoms with E-state index < -0.39 is 0 Å². The van der Waals surface area contributed by atoms with Crippen molar-refractivity contribution < 1.29 is 9.47 Å². The summed E-state index contributed by atoms with van der Waals surface area (Å²) in [4.78, 5) is 4.62. The lowest BCUT2D eigenvalue weighted by molar-refractivity contribution is -0.0865. The van der Waals surface area contributed by atoms with Crippen molar-refractivity contribution in [1.82, 2.24) is 14.9 Å². The summed E-state index contributed by atoms with van der Waals surface area (Å²) in [6.07, 6.45) is 0.156. The Labute approximate surface area is 112 Å². The van der Waals surface area contributed by atoms with E-state index in [1.54, 1.807) is 0 Å². The molecule has 3 rings (SSSR count). The first-order valence-electron chi connectivity index (χ1n) is 6.65. The Morgan fingerprint density at radius 2 is 2.26 bits per heavy atom. The number of ether oxygens (including phenoxy) is 2. The van der Waals surface area contributed by atoms with Crippen molar-refractivity contribution in [3.63, 3.8) is 0 Å². The molecular formula is C14H19N3O2. The first kappa shape index (κ1) is 12.6. The minimum Gasteiger partial charge on any atom is -0.376 e. The monoisotopic (exact) mass is 261 g/mol. The Kier molecular flexibility index (Phi) is 3.77. The standard InChI is InChI=1S/C14H19N3O2/c1-17-13-5-3-2-4-12(13)16-14(17)9-15-8-11-10-18-6-7-19-11/h2-5,11,15H,6-10H2,1H3. The highest BCUT2D eigenvalue weighted by Gasteiger charge is 2.14. The van der Waals surface area contributed by atoms with Crippen molar-refractivity contribution in [3.8, 4) is 0 Å². The molecule has 0 amide bonds. The van der Waals surface area contributed by atoms with Crippen LogP contribution in [0.4, 0.5) is 0 Å². The Morgan fingerprint density at radius 1 is 1.37 bits per heavy atom. The van der Waals surface area contributed by atoms with Gasteiger partial charge in [-0.2, -0.15) is 0 Å². The van der Waals surface area contributed by atoms with Crippen LogP contribution in [-0.4, -0.2) is 42.0 Å². The molecule has 1 atom stereocenters. The highest BCUT2D eigenvalue weighted by molar-refractivity contribution is 5.75. The van der Waals surface area contributed by atoms with Crippen LogP contribution in [0.25, 0.3) is 11.0 Å². The molecule has 2 heterocycles. The average molecular weight is 261 g/mol. The largest absolute Gasteiger partial charge is 0.376 e. The molecule has 0 saturated carbocycles. The van der Waals surface area contributed by atoms with E-state index in [4.69, 9.17) is 9.47 Å². The lowest BCUT2D eigenvalue weighted by Gasteiger charge is -2.23. The summed E-state index contributed by atoms with van der Waals surface area (Å²) in [6.45, 7) is 3.61. The Bertz CT molecular complexity index is 547. The minimum absolute atomic E-state index is 0.156. The summed E-state index contributed by atoms with van der Waals surface area (Å²) in [7, 11) is 2.05. The lowest BCUT2D eigenvalue weighted by atomic mass is 10.3. The Hall–Kier alpha value is -1.43. The third-order valence-corrected chi connectivity index (χ3v) is 3.42. The molecule has 2 aromatic rings. The third kappa shape index (κ3) is 2.78. The number of nitrogens with one attached hydrogen (secondary N) is 1. The predicted molar refractivity (Wildman–Crippen MR) is 73.0 cm³/mol. The molecule has 0 spiro atoms. The molecule has 0 radical (unpaired) electrons. The molecule has 5 nitrogen and oxygen atoms in total. The van der Waals surface area contributed by atoms with E-state index in [9.17, 15) is 0 Å². The van der Waals surface area contributed by atoms with E-state index in [-0.39, 0.29) is 6.10 Å².